The maximum absolute atomic E-state index is 12.6. The van der Waals surface area contributed by atoms with E-state index in [1.165, 1.54) is 0 Å². The van der Waals surface area contributed by atoms with E-state index < -0.39 is 0 Å². The quantitative estimate of drug-likeness (QED) is 0.803. The van der Waals surface area contributed by atoms with Gasteiger partial charge in [-0.05, 0) is 62.7 Å². The van der Waals surface area contributed by atoms with Crippen molar-refractivity contribution in [3.8, 4) is 5.75 Å². The molecule has 28 heavy (non-hydrogen) atoms. The van der Waals surface area contributed by atoms with Crippen LogP contribution in [0.3, 0.4) is 0 Å². The Kier molecular flexibility index (Phi) is 6.60. The van der Waals surface area contributed by atoms with Crippen LogP contribution < -0.4 is 15.4 Å². The topological polar surface area (TPSA) is 83.6 Å². The molecule has 1 atom stereocenters. The Labute approximate surface area is 165 Å². The lowest BCUT2D eigenvalue weighted by Crippen LogP contribution is -2.44. The summed E-state index contributed by atoms with van der Waals surface area (Å²) in [7, 11) is 1.60. The monoisotopic (exact) mass is 382 g/mol. The van der Waals surface area contributed by atoms with Gasteiger partial charge in [0.05, 0.1) is 19.6 Å². The molecule has 2 N–H and O–H groups in total. The van der Waals surface area contributed by atoms with Gasteiger partial charge in [-0.3, -0.25) is 14.5 Å². The fourth-order valence-corrected chi connectivity index (χ4v) is 3.33. The largest absolute Gasteiger partial charge is 0.497 e. The van der Waals surface area contributed by atoms with Crippen molar-refractivity contribution < 1.29 is 14.3 Å². The first-order valence-electron chi connectivity index (χ1n) is 9.44. The third kappa shape index (κ3) is 5.53. The number of carbonyl (C=O) groups is 2. The SMILES string of the molecule is COc1ccc(NC(=O)CN2CCCC(C(=O)Nc3cccc(C)n3)C2)cc1. The van der Waals surface area contributed by atoms with Gasteiger partial charge in [-0.2, -0.15) is 0 Å². The second kappa shape index (κ2) is 9.32. The number of rotatable bonds is 6. The third-order valence-corrected chi connectivity index (χ3v) is 4.76. The molecule has 3 rings (SSSR count). The number of hydrogen-bond donors (Lipinski definition) is 2. The number of anilines is 2. The van der Waals surface area contributed by atoms with E-state index in [1.54, 1.807) is 37.4 Å². The summed E-state index contributed by atoms with van der Waals surface area (Å²) in [5, 5.41) is 5.77. The first-order chi connectivity index (χ1) is 13.5. The molecule has 0 bridgehead atoms. The van der Waals surface area contributed by atoms with Crippen LogP contribution >= 0.6 is 0 Å². The predicted molar refractivity (Wildman–Crippen MR) is 108 cm³/mol. The number of ether oxygens (including phenoxy) is 1. The van der Waals surface area contributed by atoms with Crippen molar-refractivity contribution in [2.24, 2.45) is 5.92 Å². The van der Waals surface area contributed by atoms with Gasteiger partial charge in [0.2, 0.25) is 11.8 Å². The number of nitrogens with one attached hydrogen (secondary N) is 2. The molecule has 1 aromatic heterocycles. The van der Waals surface area contributed by atoms with Crippen LogP contribution in [0, 0.1) is 12.8 Å². The number of aromatic nitrogens is 1. The molecule has 148 valence electrons. The van der Waals surface area contributed by atoms with Gasteiger partial charge in [-0.15, -0.1) is 0 Å². The second-order valence-electron chi connectivity index (χ2n) is 7.00. The molecule has 1 aliphatic rings. The molecule has 2 heterocycles. The summed E-state index contributed by atoms with van der Waals surface area (Å²) in [6.07, 6.45) is 1.70. The average molecular weight is 382 g/mol. The van der Waals surface area contributed by atoms with Crippen molar-refractivity contribution in [3.05, 3.63) is 48.2 Å². The molecular weight excluding hydrogens is 356 g/mol. The van der Waals surface area contributed by atoms with Gasteiger partial charge >= 0.3 is 0 Å². The smallest absolute Gasteiger partial charge is 0.238 e. The highest BCUT2D eigenvalue weighted by Gasteiger charge is 2.27. The molecule has 7 heteroatoms. The first kappa shape index (κ1) is 19.8. The lowest BCUT2D eigenvalue weighted by atomic mass is 9.97. The minimum atomic E-state index is -0.148. The lowest BCUT2D eigenvalue weighted by molar-refractivity contribution is -0.123. The first-order valence-corrected chi connectivity index (χ1v) is 9.44. The Morgan fingerprint density at radius 1 is 1.18 bits per heavy atom. The molecule has 1 unspecified atom stereocenters. The van der Waals surface area contributed by atoms with Crippen LogP contribution in [0.4, 0.5) is 11.5 Å². The number of amides is 2. The number of benzene rings is 1. The molecule has 0 saturated carbocycles. The minimum Gasteiger partial charge on any atom is -0.497 e. The molecule has 2 aromatic rings. The molecule has 7 nitrogen and oxygen atoms in total. The van der Waals surface area contributed by atoms with Gasteiger partial charge in [0, 0.05) is 17.9 Å². The third-order valence-electron chi connectivity index (χ3n) is 4.76. The summed E-state index contributed by atoms with van der Waals surface area (Å²) in [5.41, 5.74) is 1.58. The van der Waals surface area contributed by atoms with Crippen molar-refractivity contribution in [2.45, 2.75) is 19.8 Å². The molecular formula is C21H26N4O3. The van der Waals surface area contributed by atoms with Crippen LogP contribution in [0.25, 0.3) is 0 Å². The fraction of sp³-hybridized carbons (Fsp3) is 0.381. The van der Waals surface area contributed by atoms with Gasteiger partial charge in [-0.1, -0.05) is 6.07 Å². The zero-order valence-corrected chi connectivity index (χ0v) is 16.3. The summed E-state index contributed by atoms with van der Waals surface area (Å²) in [6.45, 7) is 3.52. The zero-order valence-electron chi connectivity index (χ0n) is 16.3. The van der Waals surface area contributed by atoms with Gasteiger partial charge in [-0.25, -0.2) is 4.98 Å². The Hall–Kier alpha value is -2.93. The standard InChI is InChI=1S/C21H26N4O3/c1-15-5-3-7-19(22-15)24-21(27)16-6-4-12-25(13-16)14-20(26)23-17-8-10-18(28-2)11-9-17/h3,5,7-11,16H,4,6,12-14H2,1-2H3,(H,23,26)(H,22,24,27). The Balaban J connectivity index is 1.50. The van der Waals surface area contributed by atoms with Crippen molar-refractivity contribution in [3.63, 3.8) is 0 Å². The molecule has 1 aliphatic heterocycles. The van der Waals surface area contributed by atoms with Crippen LogP contribution in [0.15, 0.2) is 42.5 Å². The van der Waals surface area contributed by atoms with Crippen LogP contribution in [0.5, 0.6) is 5.75 Å². The molecule has 1 aromatic carbocycles. The summed E-state index contributed by atoms with van der Waals surface area (Å²) in [5.74, 6) is 1.03. The van der Waals surface area contributed by atoms with Gasteiger partial charge < -0.3 is 15.4 Å². The number of nitrogens with zero attached hydrogens (tertiary/aromatic N) is 2. The van der Waals surface area contributed by atoms with Crippen molar-refractivity contribution >= 4 is 23.3 Å². The van der Waals surface area contributed by atoms with Crippen LogP contribution in [0.1, 0.15) is 18.5 Å². The molecule has 1 fully saturated rings. The highest BCUT2D eigenvalue weighted by atomic mass is 16.5. The van der Waals surface area contributed by atoms with Crippen LogP contribution in [-0.4, -0.2) is 48.4 Å². The zero-order chi connectivity index (χ0) is 19.9. The highest BCUT2D eigenvalue weighted by molar-refractivity contribution is 5.93. The van der Waals surface area contributed by atoms with E-state index in [4.69, 9.17) is 4.74 Å². The van der Waals surface area contributed by atoms with E-state index >= 15 is 0 Å². The summed E-state index contributed by atoms with van der Waals surface area (Å²) >= 11 is 0. The van der Waals surface area contributed by atoms with E-state index in [1.807, 2.05) is 24.0 Å². The summed E-state index contributed by atoms with van der Waals surface area (Å²) in [4.78, 5) is 31.3. The molecule has 0 spiro atoms. The Morgan fingerprint density at radius 3 is 2.68 bits per heavy atom. The van der Waals surface area contributed by atoms with Crippen LogP contribution in [0.2, 0.25) is 0 Å². The van der Waals surface area contributed by atoms with Crippen LogP contribution in [-0.2, 0) is 9.59 Å². The van der Waals surface area contributed by atoms with Crippen molar-refractivity contribution in [1.82, 2.24) is 9.88 Å². The fourth-order valence-electron chi connectivity index (χ4n) is 3.33. The molecule has 2 amide bonds. The Bertz CT molecular complexity index is 823. The van der Waals surface area contributed by atoms with Gasteiger partial charge in [0.15, 0.2) is 0 Å². The number of methoxy groups -OCH3 is 1. The van der Waals surface area contributed by atoms with E-state index in [0.29, 0.717) is 12.4 Å². The number of hydrogen-bond acceptors (Lipinski definition) is 5. The predicted octanol–water partition coefficient (Wildman–Crippen LogP) is 2.69. The van der Waals surface area contributed by atoms with Crippen molar-refractivity contribution in [2.75, 3.05) is 37.4 Å². The molecule has 0 aliphatic carbocycles. The van der Waals surface area contributed by atoms with Gasteiger partial charge in [0.1, 0.15) is 11.6 Å². The number of carbonyl (C=O) groups excluding carboxylic acids is 2. The molecule has 0 radical (unpaired) electrons. The van der Waals surface area contributed by atoms with Crippen molar-refractivity contribution in [1.29, 1.82) is 0 Å². The normalized spacial score (nSPS) is 17.0. The second-order valence-corrected chi connectivity index (χ2v) is 7.00. The summed E-state index contributed by atoms with van der Waals surface area (Å²) < 4.78 is 5.12. The number of aryl methyl sites for hydroxylation is 1. The number of piperidine rings is 1. The van der Waals surface area contributed by atoms with E-state index in [2.05, 4.69) is 15.6 Å². The Morgan fingerprint density at radius 2 is 1.96 bits per heavy atom. The van der Waals surface area contributed by atoms with E-state index in [9.17, 15) is 9.59 Å². The van der Waals surface area contributed by atoms with E-state index in [-0.39, 0.29) is 24.3 Å². The summed E-state index contributed by atoms with van der Waals surface area (Å²) in [6, 6.07) is 12.8. The highest BCUT2D eigenvalue weighted by Crippen LogP contribution is 2.19. The maximum atomic E-state index is 12.6. The van der Waals surface area contributed by atoms with Gasteiger partial charge in [0.25, 0.3) is 0 Å². The average Bonchev–Trinajstić information content (AvgIpc) is 2.68. The number of likely N-dealkylation sites (tertiary alicyclic amines) is 1. The lowest BCUT2D eigenvalue weighted by Gasteiger charge is -2.31. The minimum absolute atomic E-state index is 0.0432. The van der Waals surface area contributed by atoms with E-state index in [0.717, 1.165) is 36.5 Å². The molecule has 1 saturated heterocycles. The number of pyridine rings is 1. The maximum Gasteiger partial charge on any atom is 0.238 e.